The van der Waals surface area contributed by atoms with Gasteiger partial charge in [-0.25, -0.2) is 0 Å². The highest BCUT2D eigenvalue weighted by atomic mass is 14.5. The quantitative estimate of drug-likeness (QED) is 0.748. The van der Waals surface area contributed by atoms with E-state index < -0.39 is 5.41 Å². The minimum atomic E-state index is -1.20. The number of hydrogen-bond acceptors (Lipinski definition) is 2. The van der Waals surface area contributed by atoms with Crippen molar-refractivity contribution in [3.05, 3.63) is 108 Å². The third-order valence-electron chi connectivity index (χ3n) is 5.03. The number of hydrogen-bond donors (Lipinski definition) is 0. The molecule has 0 heterocycles. The molecular weight excluding hydrogens is 316 g/mol. The van der Waals surface area contributed by atoms with Crippen molar-refractivity contribution in [2.45, 2.75) is 0 Å². The molecule has 2 aromatic rings. The normalized spacial score (nSPS) is 19.9. The predicted molar refractivity (Wildman–Crippen MR) is 103 cm³/mol. The summed E-state index contributed by atoms with van der Waals surface area (Å²) in [7, 11) is 0. The van der Waals surface area contributed by atoms with Gasteiger partial charge in [0.1, 0.15) is 0 Å². The van der Waals surface area contributed by atoms with E-state index >= 15 is 0 Å². The molecule has 0 aliphatic heterocycles. The van der Waals surface area contributed by atoms with E-state index in [0.717, 1.165) is 27.8 Å². The lowest BCUT2D eigenvalue weighted by atomic mass is 9.73. The number of rotatable bonds is 2. The van der Waals surface area contributed by atoms with Crippen LogP contribution >= 0.6 is 0 Å². The average molecular weight is 332 g/mol. The van der Waals surface area contributed by atoms with E-state index in [2.05, 4.69) is 30.3 Å². The van der Waals surface area contributed by atoms with Gasteiger partial charge >= 0.3 is 0 Å². The first-order valence-electron chi connectivity index (χ1n) is 8.54. The van der Waals surface area contributed by atoms with Crippen LogP contribution in [-0.4, -0.2) is 0 Å². The molecule has 0 radical (unpaired) electrons. The van der Waals surface area contributed by atoms with Gasteiger partial charge in [-0.05, 0) is 27.8 Å². The van der Waals surface area contributed by atoms with E-state index in [-0.39, 0.29) is 5.92 Å². The fraction of sp³-hybridized carbons (Fsp3) is 0.0833. The van der Waals surface area contributed by atoms with Crippen molar-refractivity contribution in [3.8, 4) is 12.1 Å². The van der Waals surface area contributed by atoms with Crippen molar-refractivity contribution in [1.82, 2.24) is 0 Å². The molecule has 26 heavy (non-hydrogen) atoms. The molecule has 0 aromatic heterocycles. The summed E-state index contributed by atoms with van der Waals surface area (Å²) < 4.78 is 0. The first-order chi connectivity index (χ1) is 12.8. The van der Waals surface area contributed by atoms with Crippen LogP contribution in [0.5, 0.6) is 0 Å². The van der Waals surface area contributed by atoms with Gasteiger partial charge in [0.15, 0.2) is 5.41 Å². The van der Waals surface area contributed by atoms with E-state index in [0.29, 0.717) is 0 Å². The summed E-state index contributed by atoms with van der Waals surface area (Å²) in [5.41, 5.74) is 3.68. The maximum absolute atomic E-state index is 9.97. The summed E-state index contributed by atoms with van der Waals surface area (Å²) in [6.45, 7) is 0. The summed E-state index contributed by atoms with van der Waals surface area (Å²) in [6, 6.07) is 24.5. The van der Waals surface area contributed by atoms with Crippen molar-refractivity contribution in [2.24, 2.45) is 11.3 Å². The van der Waals surface area contributed by atoms with Gasteiger partial charge in [-0.15, -0.1) is 0 Å². The zero-order chi connectivity index (χ0) is 18.0. The monoisotopic (exact) mass is 332 g/mol. The standard InChI is InChI=1S/C24H16N2/c25-16-24(17-26)22-14-13-19(18-7-3-1-4-8-18)11-12-21(22)15-23(24)20-9-5-2-6-10-20/h1-15,22H. The largest absolute Gasteiger partial charge is 0.196 e. The summed E-state index contributed by atoms with van der Waals surface area (Å²) in [5.74, 6) is -0.273. The molecule has 0 saturated carbocycles. The fourth-order valence-corrected chi connectivity index (χ4v) is 3.67. The van der Waals surface area contributed by atoms with Gasteiger partial charge in [-0.2, -0.15) is 10.5 Å². The van der Waals surface area contributed by atoms with Crippen LogP contribution in [0.2, 0.25) is 0 Å². The summed E-state index contributed by atoms with van der Waals surface area (Å²) in [6.07, 6.45) is 10.1. The first-order valence-corrected chi connectivity index (χ1v) is 8.54. The van der Waals surface area contributed by atoms with Gasteiger partial charge in [-0.3, -0.25) is 0 Å². The Morgan fingerprint density at radius 1 is 0.769 bits per heavy atom. The van der Waals surface area contributed by atoms with Gasteiger partial charge in [0, 0.05) is 5.92 Å². The van der Waals surface area contributed by atoms with Gasteiger partial charge in [0.25, 0.3) is 0 Å². The van der Waals surface area contributed by atoms with Gasteiger partial charge in [-0.1, -0.05) is 91.0 Å². The Morgan fingerprint density at radius 2 is 1.38 bits per heavy atom. The fourth-order valence-electron chi connectivity index (χ4n) is 3.67. The average Bonchev–Trinajstić information content (AvgIpc) is 2.87. The minimum Gasteiger partial charge on any atom is -0.196 e. The third-order valence-corrected chi connectivity index (χ3v) is 5.03. The number of nitrogens with zero attached hydrogens (tertiary/aromatic N) is 2. The van der Waals surface area contributed by atoms with Gasteiger partial charge in [0.2, 0.25) is 0 Å². The highest BCUT2D eigenvalue weighted by molar-refractivity contribution is 5.85. The Morgan fingerprint density at radius 3 is 2.00 bits per heavy atom. The second-order valence-electron chi connectivity index (χ2n) is 6.45. The molecule has 0 bridgehead atoms. The lowest BCUT2D eigenvalue weighted by Gasteiger charge is -2.23. The van der Waals surface area contributed by atoms with Crippen LogP contribution < -0.4 is 0 Å². The zero-order valence-corrected chi connectivity index (χ0v) is 14.1. The molecule has 0 fully saturated rings. The number of nitriles is 2. The van der Waals surface area contributed by atoms with Crippen LogP contribution in [0.4, 0.5) is 0 Å². The summed E-state index contributed by atoms with van der Waals surface area (Å²) in [4.78, 5) is 0. The maximum Gasteiger partial charge on any atom is 0.179 e. The SMILES string of the molecule is N#CC1(C#N)C(c2ccccc2)=CC2=CC=C(c3ccccc3)C=CC21. The molecule has 0 amide bonds. The first kappa shape index (κ1) is 15.9. The van der Waals surface area contributed by atoms with Crippen molar-refractivity contribution < 1.29 is 0 Å². The van der Waals surface area contributed by atoms with Crippen molar-refractivity contribution in [2.75, 3.05) is 0 Å². The molecule has 122 valence electrons. The van der Waals surface area contributed by atoms with Crippen molar-refractivity contribution >= 4 is 11.1 Å². The molecule has 1 atom stereocenters. The van der Waals surface area contributed by atoms with Crippen LogP contribution in [0.1, 0.15) is 11.1 Å². The molecular formula is C24H16N2. The minimum absolute atomic E-state index is 0.273. The maximum atomic E-state index is 9.97. The van der Waals surface area contributed by atoms with E-state index in [9.17, 15) is 10.5 Å². The Kier molecular flexibility index (Phi) is 3.88. The summed E-state index contributed by atoms with van der Waals surface area (Å²) >= 11 is 0. The predicted octanol–water partition coefficient (Wildman–Crippen LogP) is 5.31. The lowest BCUT2D eigenvalue weighted by molar-refractivity contribution is 0.578. The van der Waals surface area contributed by atoms with Crippen LogP contribution in [0.3, 0.4) is 0 Å². The molecule has 2 heteroatoms. The highest BCUT2D eigenvalue weighted by Gasteiger charge is 2.48. The lowest BCUT2D eigenvalue weighted by Crippen LogP contribution is -2.24. The number of benzene rings is 2. The summed E-state index contributed by atoms with van der Waals surface area (Å²) in [5, 5.41) is 19.9. The topological polar surface area (TPSA) is 47.6 Å². The van der Waals surface area contributed by atoms with Crippen LogP contribution in [-0.2, 0) is 0 Å². The molecule has 4 rings (SSSR count). The second-order valence-corrected chi connectivity index (χ2v) is 6.45. The smallest absolute Gasteiger partial charge is 0.179 e. The number of allylic oxidation sites excluding steroid dienone is 8. The van der Waals surface area contributed by atoms with Crippen LogP contribution in [0.25, 0.3) is 11.1 Å². The molecule has 1 unspecified atom stereocenters. The Labute approximate surface area is 153 Å². The van der Waals surface area contributed by atoms with Crippen LogP contribution in [0.15, 0.2) is 96.6 Å². The Hall–Kier alpha value is -3.62. The molecule has 0 N–H and O–H groups in total. The molecule has 0 spiro atoms. The van der Waals surface area contributed by atoms with E-state index in [1.807, 2.05) is 72.8 Å². The van der Waals surface area contributed by atoms with Crippen molar-refractivity contribution in [3.63, 3.8) is 0 Å². The van der Waals surface area contributed by atoms with Gasteiger partial charge in [0.05, 0.1) is 12.1 Å². The zero-order valence-electron chi connectivity index (χ0n) is 14.1. The molecule has 0 saturated heterocycles. The Balaban J connectivity index is 1.85. The molecule has 2 aromatic carbocycles. The third kappa shape index (κ3) is 2.41. The van der Waals surface area contributed by atoms with Crippen molar-refractivity contribution in [1.29, 1.82) is 10.5 Å². The van der Waals surface area contributed by atoms with E-state index in [4.69, 9.17) is 0 Å². The number of fused-ring (bicyclic) bond motifs is 1. The van der Waals surface area contributed by atoms with Gasteiger partial charge < -0.3 is 0 Å². The van der Waals surface area contributed by atoms with Crippen LogP contribution in [0, 0.1) is 34.0 Å². The second kappa shape index (κ2) is 6.36. The molecule has 2 aliphatic rings. The Bertz CT molecular complexity index is 1020. The molecule has 2 nitrogen and oxygen atoms in total. The van der Waals surface area contributed by atoms with E-state index in [1.54, 1.807) is 0 Å². The molecule has 2 aliphatic carbocycles. The van der Waals surface area contributed by atoms with E-state index in [1.165, 1.54) is 0 Å². The highest BCUT2D eigenvalue weighted by Crippen LogP contribution is 2.52.